The molecule has 0 spiro atoms. The van der Waals surface area contributed by atoms with Crippen molar-refractivity contribution in [2.75, 3.05) is 39.8 Å². The highest BCUT2D eigenvalue weighted by Crippen LogP contribution is 2.15. The van der Waals surface area contributed by atoms with Crippen molar-refractivity contribution in [3.63, 3.8) is 0 Å². The summed E-state index contributed by atoms with van der Waals surface area (Å²) >= 11 is 0. The molecule has 0 bridgehead atoms. The van der Waals surface area contributed by atoms with Gasteiger partial charge in [0.25, 0.3) is 0 Å². The maximum absolute atomic E-state index is 3.93. The molecular formula is C15H31N3. The van der Waals surface area contributed by atoms with Crippen molar-refractivity contribution in [2.45, 2.75) is 57.5 Å². The van der Waals surface area contributed by atoms with Gasteiger partial charge >= 0.3 is 0 Å². The van der Waals surface area contributed by atoms with Crippen LogP contribution in [0.15, 0.2) is 0 Å². The van der Waals surface area contributed by atoms with Crippen LogP contribution in [0.1, 0.15) is 45.4 Å². The third-order valence-corrected chi connectivity index (χ3v) is 4.55. The Kier molecular flexibility index (Phi) is 5.93. The zero-order valence-electron chi connectivity index (χ0n) is 12.3. The maximum atomic E-state index is 3.93. The number of piperidine rings is 1. The van der Waals surface area contributed by atoms with E-state index in [0.29, 0.717) is 0 Å². The highest BCUT2D eigenvalue weighted by molar-refractivity contribution is 4.82. The van der Waals surface area contributed by atoms with Crippen molar-refractivity contribution < 1.29 is 0 Å². The minimum absolute atomic E-state index is 0.776. The second-order valence-corrected chi connectivity index (χ2v) is 6.21. The minimum atomic E-state index is 0.776. The van der Waals surface area contributed by atoms with Crippen molar-refractivity contribution in [2.24, 2.45) is 0 Å². The summed E-state index contributed by atoms with van der Waals surface area (Å²) in [5, 5.41) is 3.93. The van der Waals surface area contributed by atoms with E-state index in [9.17, 15) is 0 Å². The quantitative estimate of drug-likeness (QED) is 0.826. The molecule has 18 heavy (non-hydrogen) atoms. The van der Waals surface area contributed by atoms with Crippen LogP contribution >= 0.6 is 0 Å². The summed E-state index contributed by atoms with van der Waals surface area (Å²) in [4.78, 5) is 5.10. The van der Waals surface area contributed by atoms with E-state index in [2.05, 4.69) is 29.1 Å². The SMILES string of the molecule is CCCN1CCC(NC2CCCN(C)CC2)CC1. The summed E-state index contributed by atoms with van der Waals surface area (Å²) < 4.78 is 0. The second kappa shape index (κ2) is 7.46. The molecule has 1 N–H and O–H groups in total. The molecule has 2 heterocycles. The van der Waals surface area contributed by atoms with E-state index in [0.717, 1.165) is 12.1 Å². The predicted octanol–water partition coefficient (Wildman–Crippen LogP) is 1.93. The Balaban J connectivity index is 1.67. The molecule has 2 fully saturated rings. The van der Waals surface area contributed by atoms with Gasteiger partial charge < -0.3 is 15.1 Å². The minimum Gasteiger partial charge on any atom is -0.311 e. The zero-order valence-corrected chi connectivity index (χ0v) is 12.3. The van der Waals surface area contributed by atoms with Crippen LogP contribution in [0.25, 0.3) is 0 Å². The molecular weight excluding hydrogens is 222 g/mol. The van der Waals surface area contributed by atoms with E-state index in [4.69, 9.17) is 0 Å². The summed E-state index contributed by atoms with van der Waals surface area (Å²) in [5.41, 5.74) is 0. The summed E-state index contributed by atoms with van der Waals surface area (Å²) in [7, 11) is 2.26. The highest BCUT2D eigenvalue weighted by Gasteiger charge is 2.22. The molecule has 0 aromatic rings. The fraction of sp³-hybridized carbons (Fsp3) is 1.00. The van der Waals surface area contributed by atoms with Gasteiger partial charge in [0.15, 0.2) is 0 Å². The van der Waals surface area contributed by atoms with Crippen LogP contribution in [0.2, 0.25) is 0 Å². The zero-order chi connectivity index (χ0) is 12.8. The molecule has 2 aliphatic rings. The van der Waals surface area contributed by atoms with E-state index in [1.54, 1.807) is 0 Å². The van der Waals surface area contributed by atoms with Gasteiger partial charge in [-0.2, -0.15) is 0 Å². The van der Waals surface area contributed by atoms with Crippen molar-refractivity contribution >= 4 is 0 Å². The lowest BCUT2D eigenvalue weighted by Gasteiger charge is -2.34. The van der Waals surface area contributed by atoms with Crippen LogP contribution in [0.3, 0.4) is 0 Å². The van der Waals surface area contributed by atoms with Crippen LogP contribution < -0.4 is 5.32 Å². The van der Waals surface area contributed by atoms with Gasteiger partial charge in [-0.15, -0.1) is 0 Å². The summed E-state index contributed by atoms with van der Waals surface area (Å²) in [6.45, 7) is 8.74. The third-order valence-electron chi connectivity index (χ3n) is 4.55. The number of hydrogen-bond donors (Lipinski definition) is 1. The number of likely N-dealkylation sites (tertiary alicyclic amines) is 2. The van der Waals surface area contributed by atoms with E-state index in [1.807, 2.05) is 0 Å². The van der Waals surface area contributed by atoms with Crippen molar-refractivity contribution in [1.82, 2.24) is 15.1 Å². The molecule has 2 saturated heterocycles. The lowest BCUT2D eigenvalue weighted by Crippen LogP contribution is -2.46. The Morgan fingerprint density at radius 2 is 1.61 bits per heavy atom. The Morgan fingerprint density at radius 1 is 0.944 bits per heavy atom. The first kappa shape index (κ1) is 14.3. The van der Waals surface area contributed by atoms with Gasteiger partial charge in [0, 0.05) is 12.1 Å². The van der Waals surface area contributed by atoms with E-state index in [1.165, 1.54) is 71.2 Å². The van der Waals surface area contributed by atoms with Gasteiger partial charge in [-0.3, -0.25) is 0 Å². The largest absolute Gasteiger partial charge is 0.311 e. The lowest BCUT2D eigenvalue weighted by molar-refractivity contribution is 0.188. The molecule has 0 amide bonds. The first-order valence-electron chi connectivity index (χ1n) is 7.95. The topological polar surface area (TPSA) is 18.5 Å². The first-order chi connectivity index (χ1) is 8.78. The van der Waals surface area contributed by atoms with Crippen molar-refractivity contribution in [3.05, 3.63) is 0 Å². The summed E-state index contributed by atoms with van der Waals surface area (Å²) in [6, 6.07) is 1.56. The molecule has 2 aliphatic heterocycles. The number of hydrogen-bond acceptors (Lipinski definition) is 3. The monoisotopic (exact) mass is 253 g/mol. The summed E-state index contributed by atoms with van der Waals surface area (Å²) in [6.07, 6.45) is 8.08. The average molecular weight is 253 g/mol. The predicted molar refractivity (Wildman–Crippen MR) is 78.0 cm³/mol. The van der Waals surface area contributed by atoms with Crippen LogP contribution in [0, 0.1) is 0 Å². The molecule has 1 unspecified atom stereocenters. The van der Waals surface area contributed by atoms with Crippen LogP contribution in [-0.2, 0) is 0 Å². The Bertz CT molecular complexity index is 224. The Morgan fingerprint density at radius 3 is 2.33 bits per heavy atom. The number of rotatable bonds is 4. The van der Waals surface area contributed by atoms with Crippen LogP contribution in [-0.4, -0.2) is 61.7 Å². The van der Waals surface area contributed by atoms with Gasteiger partial charge in [-0.1, -0.05) is 6.92 Å². The normalized spacial score (nSPS) is 29.3. The average Bonchev–Trinajstić information content (AvgIpc) is 2.57. The van der Waals surface area contributed by atoms with E-state index < -0.39 is 0 Å². The van der Waals surface area contributed by atoms with Crippen molar-refractivity contribution in [3.8, 4) is 0 Å². The Labute approximate surface area is 113 Å². The van der Waals surface area contributed by atoms with E-state index in [-0.39, 0.29) is 0 Å². The number of nitrogens with one attached hydrogen (secondary N) is 1. The van der Waals surface area contributed by atoms with Gasteiger partial charge in [-0.25, -0.2) is 0 Å². The maximum Gasteiger partial charge on any atom is 0.00940 e. The van der Waals surface area contributed by atoms with Crippen LogP contribution in [0.4, 0.5) is 0 Å². The highest BCUT2D eigenvalue weighted by atomic mass is 15.1. The van der Waals surface area contributed by atoms with Gasteiger partial charge in [0.05, 0.1) is 0 Å². The molecule has 0 aromatic carbocycles. The van der Waals surface area contributed by atoms with Gasteiger partial charge in [0.2, 0.25) is 0 Å². The van der Waals surface area contributed by atoms with Gasteiger partial charge in [-0.05, 0) is 78.3 Å². The molecule has 0 aliphatic carbocycles. The fourth-order valence-corrected chi connectivity index (χ4v) is 3.38. The third kappa shape index (κ3) is 4.52. The second-order valence-electron chi connectivity index (χ2n) is 6.21. The molecule has 3 heteroatoms. The smallest absolute Gasteiger partial charge is 0.00940 e. The molecule has 0 saturated carbocycles. The van der Waals surface area contributed by atoms with Crippen LogP contribution in [0.5, 0.6) is 0 Å². The fourth-order valence-electron chi connectivity index (χ4n) is 3.38. The molecule has 3 nitrogen and oxygen atoms in total. The lowest BCUT2D eigenvalue weighted by atomic mass is 10.0. The standard InChI is InChI=1S/C15H31N3/c1-3-9-18-12-7-15(8-13-18)16-14-5-4-10-17(2)11-6-14/h14-16H,3-13H2,1-2H3. The van der Waals surface area contributed by atoms with Crippen molar-refractivity contribution in [1.29, 1.82) is 0 Å². The molecule has 0 radical (unpaired) electrons. The first-order valence-corrected chi connectivity index (χ1v) is 7.95. The number of nitrogens with zero attached hydrogens (tertiary/aromatic N) is 2. The van der Waals surface area contributed by atoms with Gasteiger partial charge in [0.1, 0.15) is 0 Å². The molecule has 1 atom stereocenters. The molecule has 2 rings (SSSR count). The molecule has 0 aromatic heterocycles. The Hall–Kier alpha value is -0.120. The summed E-state index contributed by atoms with van der Waals surface area (Å²) in [5.74, 6) is 0. The van der Waals surface area contributed by atoms with E-state index >= 15 is 0 Å². The molecule has 106 valence electrons.